The van der Waals surface area contributed by atoms with Crippen molar-refractivity contribution < 1.29 is 0 Å². The number of rotatable bonds is 4. The molecule has 0 aliphatic rings. The van der Waals surface area contributed by atoms with Gasteiger partial charge in [-0.2, -0.15) is 0 Å². The fourth-order valence-electron chi connectivity index (χ4n) is 4.25. The van der Waals surface area contributed by atoms with Crippen molar-refractivity contribution in [3.63, 3.8) is 0 Å². The average Bonchev–Trinajstić information content (AvgIpc) is 2.85. The Kier molecular flexibility index (Phi) is 5.25. The molecule has 0 bridgehead atoms. The second kappa shape index (κ2) is 8.50. The van der Waals surface area contributed by atoms with Crippen molar-refractivity contribution in [2.45, 2.75) is 0 Å². The van der Waals surface area contributed by atoms with Crippen LogP contribution in [0.3, 0.4) is 0 Å². The van der Waals surface area contributed by atoms with Crippen LogP contribution in [-0.2, 0) is 0 Å². The molecule has 31 heavy (non-hydrogen) atoms. The minimum absolute atomic E-state index is 0.922. The smallest absolute Gasteiger partial charge is 0.0393 e. The summed E-state index contributed by atoms with van der Waals surface area (Å²) >= 11 is 0. The van der Waals surface area contributed by atoms with Crippen molar-refractivity contribution in [1.29, 1.82) is 0 Å². The van der Waals surface area contributed by atoms with E-state index in [4.69, 9.17) is 0 Å². The number of hydrogen-bond acceptors (Lipinski definition) is 2. The highest BCUT2D eigenvalue weighted by atomic mass is 28.1. The van der Waals surface area contributed by atoms with Gasteiger partial charge >= 0.3 is 0 Å². The molecule has 3 heteroatoms. The second-order valence-corrected chi connectivity index (χ2v) is 8.66. The van der Waals surface area contributed by atoms with E-state index < -0.39 is 0 Å². The van der Waals surface area contributed by atoms with Gasteiger partial charge in [0.1, 0.15) is 0 Å². The first kappa shape index (κ1) is 19.2. The van der Waals surface area contributed by atoms with E-state index >= 15 is 0 Å². The van der Waals surface area contributed by atoms with E-state index in [1.807, 2.05) is 36.9 Å². The Balaban J connectivity index is 1.95. The Bertz CT molecular complexity index is 1300. The van der Waals surface area contributed by atoms with E-state index in [-0.39, 0.29) is 0 Å². The fraction of sp³-hybridized carbons (Fsp3) is 0. The molecular formula is C28H22N2Si. The van der Waals surface area contributed by atoms with Gasteiger partial charge in [-0.05, 0) is 45.5 Å². The van der Waals surface area contributed by atoms with Crippen LogP contribution >= 0.6 is 0 Å². The van der Waals surface area contributed by atoms with Gasteiger partial charge in [0.15, 0.2) is 0 Å². The predicted molar refractivity (Wildman–Crippen MR) is 133 cm³/mol. The molecule has 2 aromatic heterocycles. The normalized spacial score (nSPS) is 10.8. The Morgan fingerprint density at radius 3 is 1.55 bits per heavy atom. The van der Waals surface area contributed by atoms with Crippen LogP contribution in [0.4, 0.5) is 0 Å². The highest BCUT2D eigenvalue weighted by molar-refractivity contribution is 6.38. The summed E-state index contributed by atoms with van der Waals surface area (Å²) in [5.74, 6) is 0. The van der Waals surface area contributed by atoms with Gasteiger partial charge in [-0.1, -0.05) is 84.0 Å². The second-order valence-electron chi connectivity index (χ2n) is 7.58. The van der Waals surface area contributed by atoms with Crippen molar-refractivity contribution in [3.8, 4) is 44.5 Å². The summed E-state index contributed by atoms with van der Waals surface area (Å²) in [6.07, 6.45) is 7.60. The van der Waals surface area contributed by atoms with Gasteiger partial charge in [-0.3, -0.25) is 9.97 Å². The van der Waals surface area contributed by atoms with E-state index in [9.17, 15) is 0 Å². The molecule has 0 saturated heterocycles. The molecule has 0 atom stereocenters. The van der Waals surface area contributed by atoms with Crippen molar-refractivity contribution in [2.75, 3.05) is 0 Å². The Labute approximate surface area is 185 Å². The third kappa shape index (κ3) is 3.72. The molecule has 0 radical (unpaired) electrons. The van der Waals surface area contributed by atoms with Crippen molar-refractivity contribution >= 4 is 15.4 Å². The maximum Gasteiger partial charge on any atom is 0.0393 e. The zero-order valence-corrected chi connectivity index (χ0v) is 19.4. The zero-order chi connectivity index (χ0) is 21.0. The van der Waals surface area contributed by atoms with E-state index in [1.54, 1.807) is 0 Å². The van der Waals surface area contributed by atoms with Crippen LogP contribution in [0.1, 0.15) is 0 Å². The van der Waals surface area contributed by atoms with Gasteiger partial charge in [0.2, 0.25) is 0 Å². The van der Waals surface area contributed by atoms with Gasteiger partial charge in [0.25, 0.3) is 0 Å². The average molecular weight is 415 g/mol. The number of nitrogens with zero attached hydrogens (tertiary/aromatic N) is 2. The van der Waals surface area contributed by atoms with Crippen LogP contribution in [-0.4, -0.2) is 20.2 Å². The lowest BCUT2D eigenvalue weighted by Gasteiger charge is -2.22. The number of hydrogen-bond donors (Lipinski definition) is 0. The summed E-state index contributed by atoms with van der Waals surface area (Å²) in [7, 11) is 0.922. The minimum Gasteiger partial charge on any atom is -0.264 e. The maximum absolute atomic E-state index is 4.46. The van der Waals surface area contributed by atoms with Crippen LogP contribution in [0, 0.1) is 0 Å². The molecule has 5 rings (SSSR count). The monoisotopic (exact) mass is 414 g/mol. The van der Waals surface area contributed by atoms with Gasteiger partial charge < -0.3 is 0 Å². The summed E-state index contributed by atoms with van der Waals surface area (Å²) in [5.41, 5.74) is 9.65. The molecule has 5 aromatic rings. The van der Waals surface area contributed by atoms with Crippen LogP contribution in [0.25, 0.3) is 44.5 Å². The largest absolute Gasteiger partial charge is 0.264 e. The van der Waals surface area contributed by atoms with Crippen molar-refractivity contribution in [3.05, 3.63) is 116 Å². The molecule has 0 saturated carbocycles. The molecule has 3 aromatic carbocycles. The summed E-state index contributed by atoms with van der Waals surface area (Å²) < 4.78 is 0. The zero-order valence-electron chi connectivity index (χ0n) is 17.4. The van der Waals surface area contributed by atoms with Crippen molar-refractivity contribution in [1.82, 2.24) is 9.97 Å². The van der Waals surface area contributed by atoms with Crippen LogP contribution in [0.5, 0.6) is 0 Å². The first-order valence-electron chi connectivity index (χ1n) is 10.4. The SMILES string of the molecule is [SiH3]c1cc(-c2ccccc2)c(-c2ccccc2)c(-c2cccnc2)c1-c1cccnc1. The molecule has 0 fully saturated rings. The lowest BCUT2D eigenvalue weighted by Crippen LogP contribution is -2.11. The number of pyridine rings is 2. The maximum atomic E-state index is 4.46. The Morgan fingerprint density at radius 2 is 1.00 bits per heavy atom. The summed E-state index contributed by atoms with van der Waals surface area (Å²) in [4.78, 5) is 8.88. The third-order valence-electron chi connectivity index (χ3n) is 5.57. The predicted octanol–water partition coefficient (Wildman–Crippen LogP) is 5.14. The highest BCUT2D eigenvalue weighted by Gasteiger charge is 2.21. The fourth-order valence-corrected chi connectivity index (χ4v) is 5.08. The Hall–Kier alpha value is -3.82. The first-order chi connectivity index (χ1) is 15.3. The number of benzene rings is 3. The molecule has 2 nitrogen and oxygen atoms in total. The summed E-state index contributed by atoms with van der Waals surface area (Å²) in [5, 5.41) is 1.35. The Morgan fingerprint density at radius 1 is 0.484 bits per heavy atom. The van der Waals surface area contributed by atoms with Crippen LogP contribution in [0.2, 0.25) is 0 Å². The van der Waals surface area contributed by atoms with Gasteiger partial charge in [0, 0.05) is 46.2 Å². The first-order valence-corrected chi connectivity index (χ1v) is 11.4. The minimum atomic E-state index is 0.922. The molecule has 0 unspecified atom stereocenters. The van der Waals surface area contributed by atoms with Gasteiger partial charge in [-0.25, -0.2) is 0 Å². The van der Waals surface area contributed by atoms with Crippen molar-refractivity contribution in [2.24, 2.45) is 0 Å². The molecule has 0 aliphatic heterocycles. The summed E-state index contributed by atoms with van der Waals surface area (Å²) in [6.45, 7) is 0. The molecule has 0 aliphatic carbocycles. The van der Waals surface area contributed by atoms with Gasteiger partial charge in [-0.15, -0.1) is 0 Å². The molecule has 0 N–H and O–H groups in total. The van der Waals surface area contributed by atoms with E-state index in [2.05, 4.69) is 88.8 Å². The van der Waals surface area contributed by atoms with Gasteiger partial charge in [0.05, 0.1) is 0 Å². The third-order valence-corrected chi connectivity index (χ3v) is 6.36. The quantitative estimate of drug-likeness (QED) is 0.381. The number of aromatic nitrogens is 2. The van der Waals surface area contributed by atoms with Crippen LogP contribution < -0.4 is 5.19 Å². The van der Waals surface area contributed by atoms with E-state index in [0.29, 0.717) is 0 Å². The molecule has 2 heterocycles. The van der Waals surface area contributed by atoms with E-state index in [1.165, 1.54) is 38.6 Å². The summed E-state index contributed by atoms with van der Waals surface area (Å²) in [6, 6.07) is 32.0. The van der Waals surface area contributed by atoms with Crippen LogP contribution in [0.15, 0.2) is 116 Å². The lowest BCUT2D eigenvalue weighted by molar-refractivity contribution is 1.32. The topological polar surface area (TPSA) is 25.8 Å². The lowest BCUT2D eigenvalue weighted by atomic mass is 9.83. The standard InChI is InChI=1S/C28H22N2Si/c31-25-17-24(20-9-3-1-4-10-20)26(21-11-5-2-6-12-21)28(23-14-8-16-30-19-23)27(25)22-13-7-15-29-18-22/h1-19H,31H3. The highest BCUT2D eigenvalue weighted by Crippen LogP contribution is 2.44. The molecule has 0 spiro atoms. The molecule has 0 amide bonds. The van der Waals surface area contributed by atoms with E-state index in [0.717, 1.165) is 21.4 Å². The molecule has 148 valence electrons. The molecular weight excluding hydrogens is 392 g/mol.